The Kier molecular flexibility index (Phi) is 4.50. The van der Waals surface area contributed by atoms with E-state index in [1.54, 1.807) is 13.8 Å². The van der Waals surface area contributed by atoms with Gasteiger partial charge in [0.05, 0.1) is 5.69 Å². The number of halogens is 3. The number of hydrogen-bond donors (Lipinski definition) is 1. The van der Waals surface area contributed by atoms with Gasteiger partial charge in [-0.2, -0.15) is 9.97 Å². The lowest BCUT2D eigenvalue weighted by Crippen LogP contribution is -2.11. The number of aromatic nitrogens is 3. The highest BCUT2D eigenvalue weighted by Crippen LogP contribution is 2.28. The number of H-pyrrole nitrogens is 1. The van der Waals surface area contributed by atoms with Crippen molar-refractivity contribution in [2.75, 3.05) is 0 Å². The second kappa shape index (κ2) is 6.60. The Morgan fingerprint density at radius 3 is 2.60 bits per heavy atom. The van der Waals surface area contributed by atoms with Crippen LogP contribution in [-0.4, -0.2) is 15.0 Å². The monoisotopic (exact) mass is 363 g/mol. The molecule has 0 aliphatic heterocycles. The van der Waals surface area contributed by atoms with Gasteiger partial charge in [0.2, 0.25) is 0 Å². The Labute approximate surface area is 146 Å². The molecule has 3 aromatic rings. The molecule has 128 valence electrons. The molecule has 8 heteroatoms. The molecule has 0 aliphatic carbocycles. The molecule has 0 fully saturated rings. The number of ether oxygens (including phenoxy) is 1. The van der Waals surface area contributed by atoms with Gasteiger partial charge in [-0.25, -0.2) is 8.78 Å². The third-order valence-corrected chi connectivity index (χ3v) is 3.89. The van der Waals surface area contributed by atoms with E-state index in [0.29, 0.717) is 22.9 Å². The van der Waals surface area contributed by atoms with E-state index in [-0.39, 0.29) is 22.5 Å². The Morgan fingerprint density at radius 2 is 1.88 bits per heavy atom. The van der Waals surface area contributed by atoms with Crippen LogP contribution in [0.15, 0.2) is 35.3 Å². The quantitative estimate of drug-likeness (QED) is 0.709. The van der Waals surface area contributed by atoms with Crippen LogP contribution in [0.25, 0.3) is 11.3 Å². The van der Waals surface area contributed by atoms with Crippen molar-refractivity contribution in [1.82, 2.24) is 15.0 Å². The summed E-state index contributed by atoms with van der Waals surface area (Å²) in [4.78, 5) is 22.3. The summed E-state index contributed by atoms with van der Waals surface area (Å²) in [5.74, 6) is -1.85. The lowest BCUT2D eigenvalue weighted by molar-refractivity contribution is 0.408. The SMILES string of the molecule is Cc1c(-c2cc(Cl)nc(Oc3ccc(F)cc3F)n2)c[nH]c(=O)c1C. The molecule has 0 saturated carbocycles. The van der Waals surface area contributed by atoms with E-state index in [2.05, 4.69) is 15.0 Å². The third-order valence-electron chi connectivity index (χ3n) is 3.70. The van der Waals surface area contributed by atoms with E-state index in [0.717, 1.165) is 17.7 Å². The Balaban J connectivity index is 2.04. The molecule has 0 amide bonds. The van der Waals surface area contributed by atoms with Crippen molar-refractivity contribution in [2.24, 2.45) is 0 Å². The zero-order chi connectivity index (χ0) is 18.1. The van der Waals surface area contributed by atoms with Gasteiger partial charge in [0.1, 0.15) is 11.0 Å². The molecule has 1 N–H and O–H groups in total. The van der Waals surface area contributed by atoms with E-state index < -0.39 is 11.6 Å². The predicted molar refractivity (Wildman–Crippen MR) is 89.0 cm³/mol. The van der Waals surface area contributed by atoms with E-state index >= 15 is 0 Å². The molecule has 25 heavy (non-hydrogen) atoms. The summed E-state index contributed by atoms with van der Waals surface area (Å²) in [5, 5.41) is 0.0748. The van der Waals surface area contributed by atoms with Crippen molar-refractivity contribution >= 4 is 11.6 Å². The number of nitrogens with one attached hydrogen (secondary N) is 1. The van der Waals surface area contributed by atoms with Crippen molar-refractivity contribution < 1.29 is 13.5 Å². The standard InChI is InChI=1S/C17H12ClF2N3O2/c1-8-9(2)16(24)21-7-11(8)13-6-15(18)23-17(22-13)25-14-4-3-10(19)5-12(14)20/h3-7H,1-2H3,(H,21,24). The van der Waals surface area contributed by atoms with Gasteiger partial charge < -0.3 is 9.72 Å². The van der Waals surface area contributed by atoms with Crippen LogP contribution in [0.3, 0.4) is 0 Å². The van der Waals surface area contributed by atoms with Gasteiger partial charge in [0.25, 0.3) is 5.56 Å². The summed E-state index contributed by atoms with van der Waals surface area (Å²) >= 11 is 6.00. The molecule has 3 rings (SSSR count). The van der Waals surface area contributed by atoms with Gasteiger partial charge in [-0.05, 0) is 31.5 Å². The Hall–Kier alpha value is -2.80. The molecule has 1 aromatic carbocycles. The molecule has 0 bridgehead atoms. The van der Waals surface area contributed by atoms with Crippen LogP contribution in [0, 0.1) is 25.5 Å². The summed E-state index contributed by atoms with van der Waals surface area (Å²) in [6.07, 6.45) is 1.51. The molecule has 0 atom stereocenters. The maximum Gasteiger partial charge on any atom is 0.324 e. The van der Waals surface area contributed by atoms with Gasteiger partial charge >= 0.3 is 6.01 Å². The summed E-state index contributed by atoms with van der Waals surface area (Å²) in [5.41, 5.74) is 2.09. The van der Waals surface area contributed by atoms with E-state index in [1.807, 2.05) is 0 Å². The summed E-state index contributed by atoms with van der Waals surface area (Å²) < 4.78 is 32.0. The van der Waals surface area contributed by atoms with Gasteiger partial charge in [0, 0.05) is 29.5 Å². The van der Waals surface area contributed by atoms with Crippen LogP contribution in [0.2, 0.25) is 5.15 Å². The van der Waals surface area contributed by atoms with Crippen LogP contribution in [-0.2, 0) is 0 Å². The van der Waals surface area contributed by atoms with Crippen molar-refractivity contribution in [3.8, 4) is 23.0 Å². The van der Waals surface area contributed by atoms with Crippen LogP contribution in [0.4, 0.5) is 8.78 Å². The average molecular weight is 364 g/mol. The molecule has 2 aromatic heterocycles. The van der Waals surface area contributed by atoms with Gasteiger partial charge in [-0.3, -0.25) is 4.79 Å². The normalized spacial score (nSPS) is 10.8. The summed E-state index contributed by atoms with van der Waals surface area (Å²) in [7, 11) is 0. The second-order valence-electron chi connectivity index (χ2n) is 5.32. The lowest BCUT2D eigenvalue weighted by Gasteiger charge is -2.10. The number of pyridine rings is 1. The first-order valence-corrected chi connectivity index (χ1v) is 7.59. The minimum atomic E-state index is -0.888. The van der Waals surface area contributed by atoms with E-state index in [1.165, 1.54) is 12.3 Å². The molecule has 0 aliphatic rings. The highest BCUT2D eigenvalue weighted by atomic mass is 35.5. The molecular weight excluding hydrogens is 352 g/mol. The Morgan fingerprint density at radius 1 is 1.12 bits per heavy atom. The zero-order valence-electron chi connectivity index (χ0n) is 13.2. The molecule has 0 spiro atoms. The minimum absolute atomic E-state index is 0.0748. The van der Waals surface area contributed by atoms with Crippen molar-refractivity contribution in [1.29, 1.82) is 0 Å². The predicted octanol–water partition coefficient (Wildman–Crippen LogP) is 4.17. The smallest absolute Gasteiger partial charge is 0.324 e. The van der Waals surface area contributed by atoms with Crippen LogP contribution in [0.1, 0.15) is 11.1 Å². The van der Waals surface area contributed by atoms with E-state index in [4.69, 9.17) is 16.3 Å². The van der Waals surface area contributed by atoms with Gasteiger partial charge in [0.15, 0.2) is 11.6 Å². The van der Waals surface area contributed by atoms with Crippen LogP contribution in [0.5, 0.6) is 11.8 Å². The minimum Gasteiger partial charge on any atom is -0.421 e. The molecule has 0 unspecified atom stereocenters. The first-order chi connectivity index (χ1) is 11.8. The fraction of sp³-hybridized carbons (Fsp3) is 0.118. The summed E-state index contributed by atoms with van der Waals surface area (Å²) in [6, 6.07) is 4.17. The molecule has 5 nitrogen and oxygen atoms in total. The van der Waals surface area contributed by atoms with Crippen molar-refractivity contribution in [3.63, 3.8) is 0 Å². The van der Waals surface area contributed by atoms with E-state index in [9.17, 15) is 13.6 Å². The number of benzene rings is 1. The molecule has 0 radical (unpaired) electrons. The molecule has 0 saturated heterocycles. The first kappa shape index (κ1) is 17.0. The van der Waals surface area contributed by atoms with Gasteiger partial charge in [-0.1, -0.05) is 11.6 Å². The highest BCUT2D eigenvalue weighted by molar-refractivity contribution is 6.29. The highest BCUT2D eigenvalue weighted by Gasteiger charge is 2.14. The maximum absolute atomic E-state index is 13.7. The zero-order valence-corrected chi connectivity index (χ0v) is 14.0. The number of aromatic amines is 1. The second-order valence-corrected chi connectivity index (χ2v) is 5.70. The third kappa shape index (κ3) is 3.51. The Bertz CT molecular complexity index is 1020. The van der Waals surface area contributed by atoms with Crippen LogP contribution >= 0.6 is 11.6 Å². The number of rotatable bonds is 3. The van der Waals surface area contributed by atoms with Crippen molar-refractivity contribution in [2.45, 2.75) is 13.8 Å². The maximum atomic E-state index is 13.7. The fourth-order valence-electron chi connectivity index (χ4n) is 2.23. The lowest BCUT2D eigenvalue weighted by atomic mass is 10.0. The molecule has 2 heterocycles. The number of hydrogen-bond acceptors (Lipinski definition) is 4. The van der Waals surface area contributed by atoms with Gasteiger partial charge in [-0.15, -0.1) is 0 Å². The number of nitrogens with zero attached hydrogens (tertiary/aromatic N) is 2. The fourth-order valence-corrected chi connectivity index (χ4v) is 2.40. The largest absolute Gasteiger partial charge is 0.421 e. The summed E-state index contributed by atoms with van der Waals surface area (Å²) in [6.45, 7) is 3.46. The average Bonchev–Trinajstić information content (AvgIpc) is 2.55. The first-order valence-electron chi connectivity index (χ1n) is 7.22. The van der Waals surface area contributed by atoms with Crippen molar-refractivity contribution in [3.05, 3.63) is 68.7 Å². The topological polar surface area (TPSA) is 67.9 Å². The molecular formula is C17H12ClF2N3O2. The van der Waals surface area contributed by atoms with Crippen LogP contribution < -0.4 is 10.3 Å².